The molecule has 0 aromatic heterocycles. The summed E-state index contributed by atoms with van der Waals surface area (Å²) in [4.78, 5) is 0. The van der Waals surface area contributed by atoms with E-state index >= 15 is 0 Å². The van der Waals surface area contributed by atoms with Gasteiger partial charge in [0.2, 0.25) is 0 Å². The summed E-state index contributed by atoms with van der Waals surface area (Å²) in [5.74, 6) is 0.438. The van der Waals surface area contributed by atoms with Gasteiger partial charge in [0.05, 0.1) is 12.3 Å². The van der Waals surface area contributed by atoms with Gasteiger partial charge in [0.1, 0.15) is 24.1 Å². The second kappa shape index (κ2) is 6.89. The molecule has 134 valence electrons. The van der Waals surface area contributed by atoms with Crippen molar-refractivity contribution in [3.8, 4) is 11.5 Å². The van der Waals surface area contributed by atoms with Gasteiger partial charge in [-0.1, -0.05) is 0 Å². The van der Waals surface area contributed by atoms with E-state index in [0.717, 1.165) is 0 Å². The lowest BCUT2D eigenvalue weighted by molar-refractivity contribution is -0.780. The molecule has 1 aliphatic heterocycles. The molecular formula is C18H23N3O4. The molecular weight excluding hydrogens is 322 g/mol. The third kappa shape index (κ3) is 4.40. The van der Waals surface area contributed by atoms with Gasteiger partial charge >= 0.3 is 0 Å². The Morgan fingerprint density at radius 1 is 1.20 bits per heavy atom. The number of hydrogen-bond acceptors (Lipinski definition) is 6. The van der Waals surface area contributed by atoms with Gasteiger partial charge in [-0.25, -0.2) is 0 Å². The molecule has 2 aromatic rings. The molecule has 1 heterocycles. The summed E-state index contributed by atoms with van der Waals surface area (Å²) in [5.41, 5.74) is 13.3. The molecule has 25 heavy (non-hydrogen) atoms. The molecule has 7 heteroatoms. The van der Waals surface area contributed by atoms with Crippen LogP contribution in [0.3, 0.4) is 0 Å². The fourth-order valence-corrected chi connectivity index (χ4v) is 2.66. The highest BCUT2D eigenvalue weighted by atomic mass is 16.7. The summed E-state index contributed by atoms with van der Waals surface area (Å²) < 4.78 is 16.9. The lowest BCUT2D eigenvalue weighted by atomic mass is 10.2. The van der Waals surface area contributed by atoms with Crippen LogP contribution in [-0.2, 0) is 9.47 Å². The Labute approximate surface area is 146 Å². The Kier molecular flexibility index (Phi) is 4.82. The molecule has 1 fully saturated rings. The summed E-state index contributed by atoms with van der Waals surface area (Å²) in [7, 11) is 0. The van der Waals surface area contributed by atoms with Gasteiger partial charge in [0.15, 0.2) is 11.5 Å². The van der Waals surface area contributed by atoms with Crippen molar-refractivity contribution in [2.75, 3.05) is 24.6 Å². The van der Waals surface area contributed by atoms with E-state index in [1.54, 1.807) is 42.5 Å². The Morgan fingerprint density at radius 3 is 2.56 bits per heavy atom. The van der Waals surface area contributed by atoms with E-state index in [9.17, 15) is 5.21 Å². The van der Waals surface area contributed by atoms with Crippen molar-refractivity contribution in [3.05, 3.63) is 47.7 Å². The topological polar surface area (TPSA) is 107 Å². The maximum atomic E-state index is 12.4. The van der Waals surface area contributed by atoms with Crippen molar-refractivity contribution in [2.24, 2.45) is 0 Å². The van der Waals surface area contributed by atoms with Crippen LogP contribution in [0.15, 0.2) is 42.5 Å². The molecule has 1 saturated heterocycles. The summed E-state index contributed by atoms with van der Waals surface area (Å²) >= 11 is 0. The molecule has 1 aliphatic rings. The number of benzene rings is 2. The highest BCUT2D eigenvalue weighted by molar-refractivity contribution is 5.60. The first kappa shape index (κ1) is 17.5. The predicted molar refractivity (Wildman–Crippen MR) is 95.5 cm³/mol. The van der Waals surface area contributed by atoms with Gasteiger partial charge in [-0.15, -0.1) is 0 Å². The minimum Gasteiger partial charge on any atom is -0.629 e. The molecule has 3 rings (SSSR count). The normalized spacial score (nSPS) is 20.4. The second-order valence-corrected chi connectivity index (χ2v) is 6.50. The van der Waals surface area contributed by atoms with Crippen molar-refractivity contribution in [1.82, 2.24) is 0 Å². The van der Waals surface area contributed by atoms with E-state index in [4.69, 9.17) is 25.7 Å². The smallest absolute Gasteiger partial charge is 0.163 e. The monoisotopic (exact) mass is 345 g/mol. The maximum Gasteiger partial charge on any atom is 0.163 e. The van der Waals surface area contributed by atoms with Crippen LogP contribution in [0.25, 0.3) is 0 Å². The maximum absolute atomic E-state index is 12.4. The number of rotatable bonds is 5. The van der Waals surface area contributed by atoms with E-state index in [2.05, 4.69) is 0 Å². The minimum atomic E-state index is -0.625. The molecule has 0 aliphatic carbocycles. The molecule has 0 radical (unpaired) electrons. The summed E-state index contributed by atoms with van der Waals surface area (Å²) in [6.07, 6.45) is -0.217. The van der Waals surface area contributed by atoms with Crippen LogP contribution in [0, 0.1) is 5.21 Å². The third-order valence-electron chi connectivity index (χ3n) is 3.92. The Hall–Kier alpha value is -2.32. The van der Waals surface area contributed by atoms with Gasteiger partial charge < -0.3 is 35.9 Å². The third-order valence-corrected chi connectivity index (χ3v) is 3.92. The highest BCUT2D eigenvalue weighted by Gasteiger charge is 2.34. The molecule has 0 saturated carbocycles. The Bertz CT molecular complexity index is 734. The Morgan fingerprint density at radius 2 is 1.92 bits per heavy atom. The molecule has 7 nitrogen and oxygen atoms in total. The number of anilines is 2. The van der Waals surface area contributed by atoms with E-state index in [0.29, 0.717) is 35.2 Å². The van der Waals surface area contributed by atoms with Gasteiger partial charge in [-0.3, -0.25) is 0 Å². The van der Waals surface area contributed by atoms with E-state index in [1.165, 1.54) is 0 Å². The first-order valence-corrected chi connectivity index (χ1v) is 8.10. The minimum absolute atomic E-state index is 0.00122. The molecule has 5 N–H and O–H groups in total. The molecule has 2 atom stereocenters. The van der Waals surface area contributed by atoms with E-state index in [1.807, 2.05) is 13.8 Å². The number of ether oxygens (including phenoxy) is 3. The van der Waals surface area contributed by atoms with Gasteiger partial charge in [0.25, 0.3) is 0 Å². The van der Waals surface area contributed by atoms with Crippen molar-refractivity contribution >= 4 is 17.1 Å². The van der Waals surface area contributed by atoms with E-state index in [-0.39, 0.29) is 17.7 Å². The number of hydrogen-bond donors (Lipinski definition) is 3. The second-order valence-electron chi connectivity index (χ2n) is 6.50. The van der Waals surface area contributed by atoms with Crippen molar-refractivity contribution in [3.63, 3.8) is 0 Å². The number of nitrogens with one attached hydrogen (secondary N) is 1. The zero-order valence-electron chi connectivity index (χ0n) is 14.3. The first-order valence-electron chi connectivity index (χ1n) is 8.10. The summed E-state index contributed by atoms with van der Waals surface area (Å²) in [6, 6.07) is 12.0. The summed E-state index contributed by atoms with van der Waals surface area (Å²) in [6.45, 7) is 4.39. The van der Waals surface area contributed by atoms with Gasteiger partial charge in [0, 0.05) is 23.9 Å². The predicted octanol–water partition coefficient (Wildman–Crippen LogP) is 1.81. The fourth-order valence-electron chi connectivity index (χ4n) is 2.66. The largest absolute Gasteiger partial charge is 0.629 e. The quantitative estimate of drug-likeness (QED) is 0.563. The first-order chi connectivity index (χ1) is 11.8. The molecule has 0 amide bonds. The van der Waals surface area contributed by atoms with Crippen LogP contribution < -0.4 is 21.3 Å². The average molecular weight is 345 g/mol. The number of nitrogen functional groups attached to an aromatic ring is 2. The van der Waals surface area contributed by atoms with Crippen LogP contribution in [0.1, 0.15) is 13.8 Å². The van der Waals surface area contributed by atoms with Crippen LogP contribution >= 0.6 is 0 Å². The van der Waals surface area contributed by atoms with Crippen LogP contribution in [0.2, 0.25) is 0 Å². The SMILES string of the molecule is CC1(C)OCC(C[NH+]([O-])c2ccc(Oc3cc(N)ccc3N)cc2)O1. The van der Waals surface area contributed by atoms with Crippen LogP contribution in [0.4, 0.5) is 17.1 Å². The molecule has 2 unspecified atom stereocenters. The molecule has 0 spiro atoms. The zero-order valence-corrected chi connectivity index (χ0v) is 14.3. The van der Waals surface area contributed by atoms with Gasteiger partial charge in [-0.05, 0) is 38.1 Å². The fraction of sp³-hybridized carbons (Fsp3) is 0.333. The lowest BCUT2D eigenvalue weighted by Gasteiger charge is -2.25. The summed E-state index contributed by atoms with van der Waals surface area (Å²) in [5, 5.41) is 12.4. The zero-order chi connectivity index (χ0) is 18.0. The lowest BCUT2D eigenvalue weighted by Crippen LogP contribution is -3.03. The number of hydroxylamine groups is 1. The van der Waals surface area contributed by atoms with Gasteiger partial charge in [-0.2, -0.15) is 0 Å². The molecule has 2 aromatic carbocycles. The Balaban J connectivity index is 1.63. The molecule has 0 bridgehead atoms. The van der Waals surface area contributed by atoms with Crippen molar-refractivity contribution < 1.29 is 19.3 Å². The average Bonchev–Trinajstić information content (AvgIpc) is 2.90. The van der Waals surface area contributed by atoms with Crippen LogP contribution in [-0.4, -0.2) is 25.0 Å². The number of quaternary nitrogens is 1. The highest BCUT2D eigenvalue weighted by Crippen LogP contribution is 2.29. The van der Waals surface area contributed by atoms with Crippen molar-refractivity contribution in [2.45, 2.75) is 25.7 Å². The standard InChI is InChI=1S/C18H23N3O4/c1-18(2)23-11-15(25-18)10-21(22)13-4-6-14(7-5-13)24-17-9-12(19)3-8-16(17)20/h3-9,15,21H,10-11,19-20H2,1-2H3. The van der Waals surface area contributed by atoms with Crippen molar-refractivity contribution in [1.29, 1.82) is 0 Å². The number of nitrogens with two attached hydrogens (primary N) is 2. The van der Waals surface area contributed by atoms with Crippen LogP contribution in [0.5, 0.6) is 11.5 Å². The van der Waals surface area contributed by atoms with E-state index < -0.39 is 5.79 Å².